The molecule has 154 valence electrons. The van der Waals surface area contributed by atoms with Crippen LogP contribution in [0.1, 0.15) is 16.6 Å². The number of carbonyl (C=O) groups excluding carboxylic acids is 1. The van der Waals surface area contributed by atoms with E-state index in [9.17, 15) is 19.5 Å². The minimum Gasteiger partial charge on any atom is -0.479 e. The smallest absolute Gasteiger partial charge is 0.349 e. The van der Waals surface area contributed by atoms with Crippen LogP contribution in [0.5, 0.6) is 5.75 Å². The number of amides is 1. The van der Waals surface area contributed by atoms with Crippen LogP contribution < -0.4 is 9.64 Å². The second-order valence-electron chi connectivity index (χ2n) is 6.01. The maximum absolute atomic E-state index is 12.3. The third kappa shape index (κ3) is 4.50. The van der Waals surface area contributed by atoms with Crippen LogP contribution in [-0.2, 0) is 9.59 Å². The lowest BCUT2D eigenvalue weighted by Crippen LogP contribution is -2.22. The number of ether oxygens (including phenoxy) is 1. The second-order valence-corrected chi connectivity index (χ2v) is 7.82. The summed E-state index contributed by atoms with van der Waals surface area (Å²) < 4.78 is 5.52. The van der Waals surface area contributed by atoms with E-state index in [-0.39, 0.29) is 16.5 Å². The molecule has 2 heterocycles. The van der Waals surface area contributed by atoms with E-state index in [2.05, 4.69) is 20.9 Å². The number of hydrogen-bond acceptors (Lipinski definition) is 6. The lowest BCUT2D eigenvalue weighted by molar-refractivity contribution is -0.139. The number of aliphatic carboxylic acids is 1. The molecule has 0 unspecified atom stereocenters. The number of anilines is 2. The molecule has 30 heavy (non-hydrogen) atoms. The van der Waals surface area contributed by atoms with Crippen molar-refractivity contribution in [3.05, 3.63) is 58.1 Å². The molecule has 2 aromatic heterocycles. The molecule has 0 bridgehead atoms. The van der Waals surface area contributed by atoms with Crippen LogP contribution in [0.3, 0.4) is 0 Å². The predicted octanol–water partition coefficient (Wildman–Crippen LogP) is 4.42. The van der Waals surface area contributed by atoms with E-state index >= 15 is 0 Å². The van der Waals surface area contributed by atoms with Crippen LogP contribution in [0.4, 0.5) is 11.4 Å². The molecule has 0 aliphatic rings. The fourth-order valence-electron chi connectivity index (χ4n) is 2.77. The monoisotopic (exact) mass is 490 g/mol. The minimum absolute atomic E-state index is 0.0500. The van der Waals surface area contributed by atoms with Gasteiger partial charge in [0.1, 0.15) is 0 Å². The van der Waals surface area contributed by atoms with Gasteiger partial charge in [-0.15, -0.1) is 11.3 Å². The Bertz CT molecular complexity index is 1120. The molecule has 0 aliphatic carbocycles. The number of pyridine rings is 1. The molecule has 0 atom stereocenters. The first-order valence-electron chi connectivity index (χ1n) is 8.51. The van der Waals surface area contributed by atoms with E-state index < -0.39 is 18.5 Å². The molecule has 0 spiro atoms. The molecular formula is C20H15BrN2O6S. The number of carboxylic acids is 2. The van der Waals surface area contributed by atoms with Gasteiger partial charge < -0.3 is 14.9 Å². The summed E-state index contributed by atoms with van der Waals surface area (Å²) in [5.74, 6) is -2.72. The van der Waals surface area contributed by atoms with Gasteiger partial charge in [-0.2, -0.15) is 0 Å². The molecule has 8 nitrogen and oxygen atoms in total. The zero-order valence-corrected chi connectivity index (χ0v) is 17.9. The maximum atomic E-state index is 12.3. The number of nitrogens with zero attached hydrogens (tertiary/aromatic N) is 2. The van der Waals surface area contributed by atoms with E-state index in [0.717, 1.165) is 11.3 Å². The predicted molar refractivity (Wildman–Crippen MR) is 115 cm³/mol. The molecule has 3 aromatic rings. The number of thiophene rings is 1. The minimum atomic E-state index is -1.23. The lowest BCUT2D eigenvalue weighted by Gasteiger charge is -2.21. The summed E-state index contributed by atoms with van der Waals surface area (Å²) in [6.07, 6.45) is 3.17. The standard InChI is InChI=1S/C20H15BrN2O6S/c1-11(24)23(14-6-3-7-22-9-14)13-5-2-4-12(8-13)18-16(21)17(29-10-15(25)26)19(30-18)20(27)28/h2-9H,10H2,1H3,(H,25,26)(H,27,28). The molecule has 0 aliphatic heterocycles. The van der Waals surface area contributed by atoms with Crippen LogP contribution in [0.2, 0.25) is 0 Å². The topological polar surface area (TPSA) is 117 Å². The van der Waals surface area contributed by atoms with Gasteiger partial charge in [-0.25, -0.2) is 9.59 Å². The third-order valence-corrected chi connectivity index (χ3v) is 6.16. The van der Waals surface area contributed by atoms with Gasteiger partial charge >= 0.3 is 11.9 Å². The van der Waals surface area contributed by atoms with Crippen molar-refractivity contribution in [3.63, 3.8) is 0 Å². The average Bonchev–Trinajstić information content (AvgIpc) is 3.04. The molecule has 1 amide bonds. The van der Waals surface area contributed by atoms with Crippen LogP contribution in [0.15, 0.2) is 53.3 Å². The van der Waals surface area contributed by atoms with Gasteiger partial charge in [-0.1, -0.05) is 12.1 Å². The van der Waals surface area contributed by atoms with Crippen molar-refractivity contribution in [3.8, 4) is 16.2 Å². The zero-order valence-electron chi connectivity index (χ0n) is 15.5. The first-order chi connectivity index (χ1) is 14.3. The second kappa shape index (κ2) is 9.06. The van der Waals surface area contributed by atoms with Crippen LogP contribution in [0.25, 0.3) is 10.4 Å². The van der Waals surface area contributed by atoms with Gasteiger partial charge in [0.25, 0.3) is 0 Å². The summed E-state index contributed by atoms with van der Waals surface area (Å²) in [5, 5.41) is 18.3. The van der Waals surface area contributed by atoms with Crippen molar-refractivity contribution in [2.24, 2.45) is 0 Å². The molecule has 2 N–H and O–H groups in total. The number of aromatic carboxylic acids is 1. The van der Waals surface area contributed by atoms with Crippen molar-refractivity contribution < 1.29 is 29.3 Å². The number of carboxylic acid groups (broad SMARTS) is 2. The summed E-state index contributed by atoms with van der Waals surface area (Å²) in [7, 11) is 0. The summed E-state index contributed by atoms with van der Waals surface area (Å²) in [6.45, 7) is 0.759. The van der Waals surface area contributed by atoms with Crippen LogP contribution in [0, 0.1) is 0 Å². The number of carbonyl (C=O) groups is 3. The highest BCUT2D eigenvalue weighted by Crippen LogP contribution is 2.46. The fraction of sp³-hybridized carbons (Fsp3) is 0.100. The Morgan fingerprint density at radius 1 is 1.17 bits per heavy atom. The number of benzene rings is 1. The Labute approximate surface area is 183 Å². The number of aromatic nitrogens is 1. The Morgan fingerprint density at radius 2 is 1.90 bits per heavy atom. The molecule has 0 fully saturated rings. The lowest BCUT2D eigenvalue weighted by atomic mass is 10.1. The highest BCUT2D eigenvalue weighted by atomic mass is 79.9. The van der Waals surface area contributed by atoms with Crippen LogP contribution in [-0.4, -0.2) is 39.6 Å². The Balaban J connectivity index is 2.07. The zero-order chi connectivity index (χ0) is 21.8. The van der Waals surface area contributed by atoms with Gasteiger partial charge in [0, 0.05) is 18.8 Å². The van der Waals surface area contributed by atoms with Gasteiger partial charge in [0.2, 0.25) is 5.91 Å². The van der Waals surface area contributed by atoms with Crippen molar-refractivity contribution in [1.29, 1.82) is 0 Å². The maximum Gasteiger partial charge on any atom is 0.349 e. The molecule has 3 rings (SSSR count). The van der Waals surface area contributed by atoms with Gasteiger partial charge in [0.05, 0.1) is 21.2 Å². The third-order valence-electron chi connectivity index (χ3n) is 3.93. The van der Waals surface area contributed by atoms with E-state index in [1.165, 1.54) is 11.8 Å². The van der Waals surface area contributed by atoms with E-state index in [1.54, 1.807) is 48.8 Å². The average molecular weight is 491 g/mol. The molecule has 0 radical (unpaired) electrons. The highest BCUT2D eigenvalue weighted by Gasteiger charge is 2.25. The Kier molecular flexibility index (Phi) is 6.48. The van der Waals surface area contributed by atoms with Crippen LogP contribution >= 0.6 is 27.3 Å². The molecule has 0 saturated heterocycles. The highest BCUT2D eigenvalue weighted by molar-refractivity contribution is 9.10. The molecular weight excluding hydrogens is 476 g/mol. The SMILES string of the molecule is CC(=O)N(c1cccnc1)c1cccc(-c2sc(C(=O)O)c(OCC(=O)O)c2Br)c1. The Hall–Kier alpha value is -3.24. The molecule has 1 aromatic carbocycles. The van der Waals surface area contributed by atoms with Gasteiger partial charge in [0.15, 0.2) is 17.2 Å². The normalized spacial score (nSPS) is 10.5. The van der Waals surface area contributed by atoms with Crippen molar-refractivity contribution in [2.45, 2.75) is 6.92 Å². The number of halogens is 1. The summed E-state index contributed by atoms with van der Waals surface area (Å²) in [4.78, 5) is 40.7. The first kappa shape index (κ1) is 21.5. The summed E-state index contributed by atoms with van der Waals surface area (Å²) >= 11 is 4.27. The molecule has 0 saturated carbocycles. The quantitative estimate of drug-likeness (QED) is 0.503. The fourth-order valence-corrected chi connectivity index (χ4v) is 4.66. The van der Waals surface area contributed by atoms with E-state index in [4.69, 9.17) is 9.84 Å². The largest absolute Gasteiger partial charge is 0.479 e. The van der Waals surface area contributed by atoms with Gasteiger partial charge in [-0.05, 0) is 45.8 Å². The summed E-state index contributed by atoms with van der Waals surface area (Å²) in [6, 6.07) is 10.4. The first-order valence-corrected chi connectivity index (χ1v) is 10.1. The van der Waals surface area contributed by atoms with Crippen molar-refractivity contribution in [2.75, 3.05) is 11.5 Å². The number of hydrogen-bond donors (Lipinski definition) is 2. The van der Waals surface area contributed by atoms with Crippen molar-refractivity contribution >= 4 is 56.5 Å². The molecule has 10 heteroatoms. The number of rotatable bonds is 7. The van der Waals surface area contributed by atoms with E-state index in [0.29, 0.717) is 26.3 Å². The van der Waals surface area contributed by atoms with E-state index in [1.807, 2.05) is 0 Å². The summed E-state index contributed by atoms with van der Waals surface area (Å²) in [5.41, 5.74) is 1.79. The van der Waals surface area contributed by atoms with Crippen molar-refractivity contribution in [1.82, 2.24) is 4.98 Å². The Morgan fingerprint density at radius 3 is 2.50 bits per heavy atom. The van der Waals surface area contributed by atoms with Gasteiger partial charge in [-0.3, -0.25) is 14.7 Å².